The van der Waals surface area contributed by atoms with E-state index in [0.717, 1.165) is 18.8 Å². The largest absolute Gasteiger partial charge is 0.491 e. The van der Waals surface area contributed by atoms with Crippen molar-refractivity contribution in [3.05, 3.63) is 77.9 Å². The Morgan fingerprint density at radius 1 is 0.857 bits per heavy atom. The molecule has 0 aromatic heterocycles. The van der Waals surface area contributed by atoms with Crippen LogP contribution in [0.1, 0.15) is 11.1 Å². The SMILES string of the molecule is CN(C)C[C@H](O)COc1ccc(CN(C)Cc2cccc3ccccc23)cc1. The van der Waals surface area contributed by atoms with E-state index in [0.29, 0.717) is 13.2 Å². The highest BCUT2D eigenvalue weighted by Crippen LogP contribution is 2.21. The van der Waals surface area contributed by atoms with Gasteiger partial charge in [0, 0.05) is 19.6 Å². The molecule has 0 unspecified atom stereocenters. The number of hydrogen-bond donors (Lipinski definition) is 1. The van der Waals surface area contributed by atoms with E-state index in [9.17, 15) is 5.11 Å². The molecule has 0 saturated carbocycles. The van der Waals surface area contributed by atoms with E-state index >= 15 is 0 Å². The van der Waals surface area contributed by atoms with Gasteiger partial charge in [0.2, 0.25) is 0 Å². The number of likely N-dealkylation sites (N-methyl/N-ethyl adjacent to an activating group) is 1. The summed E-state index contributed by atoms with van der Waals surface area (Å²) in [4.78, 5) is 4.27. The summed E-state index contributed by atoms with van der Waals surface area (Å²) in [6, 6.07) is 23.2. The maximum absolute atomic E-state index is 9.90. The summed E-state index contributed by atoms with van der Waals surface area (Å²) in [6.45, 7) is 2.67. The molecule has 0 amide bonds. The maximum atomic E-state index is 9.90. The van der Waals surface area contributed by atoms with Gasteiger partial charge in [0.25, 0.3) is 0 Å². The Morgan fingerprint density at radius 3 is 2.32 bits per heavy atom. The fraction of sp³-hybridized carbons (Fsp3) is 0.333. The maximum Gasteiger partial charge on any atom is 0.119 e. The Morgan fingerprint density at radius 2 is 1.57 bits per heavy atom. The second kappa shape index (κ2) is 9.69. The molecule has 0 radical (unpaired) electrons. The molecule has 3 aromatic rings. The third-order valence-electron chi connectivity index (χ3n) is 4.71. The van der Waals surface area contributed by atoms with Gasteiger partial charge >= 0.3 is 0 Å². The first-order valence-electron chi connectivity index (χ1n) is 9.71. The smallest absolute Gasteiger partial charge is 0.119 e. The van der Waals surface area contributed by atoms with Crippen molar-refractivity contribution in [2.75, 3.05) is 34.3 Å². The average Bonchev–Trinajstić information content (AvgIpc) is 2.67. The molecular weight excluding hydrogens is 348 g/mol. The van der Waals surface area contributed by atoms with Crippen molar-refractivity contribution in [3.8, 4) is 5.75 Å². The van der Waals surface area contributed by atoms with Crippen LogP contribution in [0.3, 0.4) is 0 Å². The summed E-state index contributed by atoms with van der Waals surface area (Å²) in [5.74, 6) is 0.790. The fourth-order valence-electron chi connectivity index (χ4n) is 3.45. The van der Waals surface area contributed by atoms with Gasteiger partial charge in [-0.25, -0.2) is 0 Å². The molecule has 0 spiro atoms. The van der Waals surface area contributed by atoms with E-state index in [2.05, 4.69) is 66.5 Å². The first kappa shape index (κ1) is 20.3. The molecule has 0 aliphatic rings. The summed E-state index contributed by atoms with van der Waals surface area (Å²) in [7, 11) is 6.02. The third kappa shape index (κ3) is 5.80. The zero-order chi connectivity index (χ0) is 19.9. The summed E-state index contributed by atoms with van der Waals surface area (Å²) >= 11 is 0. The van der Waals surface area contributed by atoms with Crippen molar-refractivity contribution in [3.63, 3.8) is 0 Å². The van der Waals surface area contributed by atoms with Crippen LogP contribution in [0.2, 0.25) is 0 Å². The van der Waals surface area contributed by atoms with Crippen LogP contribution >= 0.6 is 0 Å². The van der Waals surface area contributed by atoms with Gasteiger partial charge in [-0.15, -0.1) is 0 Å². The highest BCUT2D eigenvalue weighted by molar-refractivity contribution is 5.85. The Hall–Kier alpha value is -2.40. The molecule has 1 N–H and O–H groups in total. The van der Waals surface area contributed by atoms with E-state index in [4.69, 9.17) is 4.74 Å². The molecule has 0 bridgehead atoms. The Labute approximate surface area is 168 Å². The van der Waals surface area contributed by atoms with Crippen LogP contribution in [-0.4, -0.2) is 55.3 Å². The number of nitrogens with zero attached hydrogens (tertiary/aromatic N) is 2. The topological polar surface area (TPSA) is 35.9 Å². The van der Waals surface area contributed by atoms with Gasteiger partial charge in [0.15, 0.2) is 0 Å². The summed E-state index contributed by atoms with van der Waals surface area (Å²) in [5, 5.41) is 12.5. The molecule has 0 aliphatic carbocycles. The Kier molecular flexibility index (Phi) is 7.04. The number of ether oxygens (including phenoxy) is 1. The van der Waals surface area contributed by atoms with E-state index in [1.54, 1.807) is 0 Å². The minimum atomic E-state index is -0.485. The Balaban J connectivity index is 1.55. The monoisotopic (exact) mass is 378 g/mol. The van der Waals surface area contributed by atoms with Crippen LogP contribution in [0.5, 0.6) is 5.75 Å². The predicted octanol–water partition coefficient (Wildman–Crippen LogP) is 3.77. The zero-order valence-corrected chi connectivity index (χ0v) is 17.0. The molecule has 0 saturated heterocycles. The first-order valence-corrected chi connectivity index (χ1v) is 9.71. The zero-order valence-electron chi connectivity index (χ0n) is 17.0. The minimum absolute atomic E-state index is 0.304. The lowest BCUT2D eigenvalue weighted by molar-refractivity contribution is 0.0831. The number of hydrogen-bond acceptors (Lipinski definition) is 4. The molecule has 4 nitrogen and oxygen atoms in total. The molecule has 0 fully saturated rings. The van der Waals surface area contributed by atoms with Crippen molar-refractivity contribution in [1.82, 2.24) is 9.80 Å². The van der Waals surface area contributed by atoms with E-state index in [1.165, 1.54) is 21.9 Å². The van der Waals surface area contributed by atoms with Gasteiger partial charge in [-0.1, -0.05) is 54.6 Å². The normalized spacial score (nSPS) is 12.6. The lowest BCUT2D eigenvalue weighted by Crippen LogP contribution is -2.30. The van der Waals surface area contributed by atoms with E-state index in [-0.39, 0.29) is 0 Å². The van der Waals surface area contributed by atoms with E-state index < -0.39 is 6.10 Å². The Bertz CT molecular complexity index is 872. The van der Waals surface area contributed by atoms with Gasteiger partial charge in [0.1, 0.15) is 18.5 Å². The number of aliphatic hydroxyl groups is 1. The van der Waals surface area contributed by atoms with E-state index in [1.807, 2.05) is 31.1 Å². The first-order chi connectivity index (χ1) is 13.5. The lowest BCUT2D eigenvalue weighted by atomic mass is 10.0. The molecule has 4 heteroatoms. The molecule has 1 atom stereocenters. The average molecular weight is 379 g/mol. The highest BCUT2D eigenvalue weighted by Gasteiger charge is 2.08. The second-order valence-electron chi connectivity index (χ2n) is 7.68. The number of fused-ring (bicyclic) bond motifs is 1. The third-order valence-corrected chi connectivity index (χ3v) is 4.71. The van der Waals surface area contributed by atoms with Crippen molar-refractivity contribution in [2.24, 2.45) is 0 Å². The molecule has 0 aliphatic heterocycles. The molecular formula is C24H30N2O2. The van der Waals surface area contributed by atoms with Crippen molar-refractivity contribution in [1.29, 1.82) is 0 Å². The van der Waals surface area contributed by atoms with Gasteiger partial charge < -0.3 is 14.7 Å². The van der Waals surface area contributed by atoms with Crippen molar-refractivity contribution < 1.29 is 9.84 Å². The molecule has 3 aromatic carbocycles. The van der Waals surface area contributed by atoms with Crippen LogP contribution < -0.4 is 4.74 Å². The van der Waals surface area contributed by atoms with Crippen LogP contribution in [0.25, 0.3) is 10.8 Å². The number of rotatable bonds is 9. The molecule has 148 valence electrons. The van der Waals surface area contributed by atoms with Gasteiger partial charge in [-0.3, -0.25) is 4.90 Å². The minimum Gasteiger partial charge on any atom is -0.491 e. The number of benzene rings is 3. The molecule has 28 heavy (non-hydrogen) atoms. The molecule has 3 rings (SSSR count). The van der Waals surface area contributed by atoms with Gasteiger partial charge in [0.05, 0.1) is 0 Å². The molecule has 0 heterocycles. The van der Waals surface area contributed by atoms with Crippen LogP contribution in [0.15, 0.2) is 66.7 Å². The van der Waals surface area contributed by atoms with Crippen LogP contribution in [0, 0.1) is 0 Å². The quantitative estimate of drug-likeness (QED) is 0.615. The number of aliphatic hydroxyl groups excluding tert-OH is 1. The summed E-state index contributed by atoms with van der Waals surface area (Å²) < 4.78 is 5.68. The standard InChI is InChI=1S/C24H30N2O2/c1-25(2)17-22(27)18-28-23-13-11-19(12-14-23)15-26(3)16-21-9-6-8-20-7-4-5-10-24(20)21/h4-14,22,27H,15-18H2,1-3H3/t22-/m0/s1. The highest BCUT2D eigenvalue weighted by atomic mass is 16.5. The van der Waals surface area contributed by atoms with Crippen LogP contribution in [-0.2, 0) is 13.1 Å². The fourth-order valence-corrected chi connectivity index (χ4v) is 3.45. The van der Waals surface area contributed by atoms with Crippen molar-refractivity contribution in [2.45, 2.75) is 19.2 Å². The van der Waals surface area contributed by atoms with Gasteiger partial charge in [-0.05, 0) is 55.2 Å². The summed E-state index contributed by atoms with van der Waals surface area (Å²) in [6.07, 6.45) is -0.485. The van der Waals surface area contributed by atoms with Gasteiger partial charge in [-0.2, -0.15) is 0 Å². The summed E-state index contributed by atoms with van der Waals surface area (Å²) in [5.41, 5.74) is 2.58. The van der Waals surface area contributed by atoms with Crippen LogP contribution in [0.4, 0.5) is 0 Å². The van der Waals surface area contributed by atoms with Crippen molar-refractivity contribution >= 4 is 10.8 Å². The lowest BCUT2D eigenvalue weighted by Gasteiger charge is -2.19. The predicted molar refractivity (Wildman–Crippen MR) is 116 cm³/mol. The second-order valence-corrected chi connectivity index (χ2v) is 7.68.